The molecule has 0 rings (SSSR count). The first-order valence-corrected chi connectivity index (χ1v) is 16.8. The van der Waals surface area contributed by atoms with Crippen LogP contribution >= 0.6 is 48.6 Å². The van der Waals surface area contributed by atoms with Gasteiger partial charge in [-0.2, -0.15) is 0 Å². The summed E-state index contributed by atoms with van der Waals surface area (Å²) in [4.78, 5) is 0. The van der Waals surface area contributed by atoms with Crippen LogP contribution in [0.25, 0.3) is 0 Å². The van der Waals surface area contributed by atoms with Crippen molar-refractivity contribution in [2.45, 2.75) is 0 Å². The number of halogens is 2. The van der Waals surface area contributed by atoms with Gasteiger partial charge in [0.2, 0.25) is 0 Å². The van der Waals surface area contributed by atoms with Crippen LogP contribution in [0.2, 0.25) is 0 Å². The van der Waals surface area contributed by atoms with Crippen LogP contribution in [0.5, 0.6) is 0 Å². The zero-order valence-electron chi connectivity index (χ0n) is 9.62. The van der Waals surface area contributed by atoms with E-state index in [1.54, 1.807) is 0 Å². The molecule has 0 fully saturated rings. The Balaban J connectivity index is -0.0000000823. The fraction of sp³-hybridized carbons (Fsp3) is 1.00. The van der Waals surface area contributed by atoms with Crippen LogP contribution < -0.4 is 0 Å². The van der Waals surface area contributed by atoms with Gasteiger partial charge in [0.1, 0.15) is 0 Å². The van der Waals surface area contributed by atoms with Crippen LogP contribution in [-0.2, 0) is 85.7 Å². The Labute approximate surface area is 160 Å². The molecule has 0 saturated heterocycles. The zero-order chi connectivity index (χ0) is 13.8. The molecule has 0 heterocycles. The van der Waals surface area contributed by atoms with Gasteiger partial charge in [-0.25, -0.2) is 0 Å². The molecule has 0 aliphatic heterocycles. The van der Waals surface area contributed by atoms with E-state index in [1.165, 1.54) is 28.4 Å². The molecule has 0 N–H and O–H groups in total. The van der Waals surface area contributed by atoms with Gasteiger partial charge in [-0.05, 0) is 0 Å². The van der Waals surface area contributed by atoms with Crippen LogP contribution in [-0.4, -0.2) is 28.4 Å². The maximum absolute atomic E-state index is 4.63. The first-order chi connectivity index (χ1) is 7.24. The minimum Gasteiger partial charge on any atom is -0.691 e. The monoisotopic (exact) mass is 632 g/mol. The van der Waals surface area contributed by atoms with E-state index in [1.807, 2.05) is 0 Å². The average Bonchev–Trinajstić information content (AvgIpc) is 2.32. The van der Waals surface area contributed by atoms with Gasteiger partial charge in [-0.15, -0.1) is 0 Å². The van der Waals surface area contributed by atoms with Crippen LogP contribution in [0.4, 0.5) is 0 Å². The van der Waals surface area contributed by atoms with Gasteiger partial charge in [0.25, 0.3) is 0 Å². The molecule has 0 amide bonds. The van der Waals surface area contributed by atoms with Gasteiger partial charge in [0.15, 0.2) is 0 Å². The van der Waals surface area contributed by atoms with Crippen LogP contribution in [0.1, 0.15) is 0 Å². The van der Waals surface area contributed by atoms with E-state index >= 15 is 0 Å². The van der Waals surface area contributed by atoms with Crippen molar-refractivity contribution in [2.75, 3.05) is 28.4 Å². The third kappa shape index (κ3) is 25.2. The third-order valence-corrected chi connectivity index (χ3v) is 6.26. The van der Waals surface area contributed by atoms with Gasteiger partial charge in [0, 0.05) is 65.7 Å². The molecule has 0 unspecified atom stereocenters. The predicted molar refractivity (Wildman–Crippen MR) is 99.4 cm³/mol. The van der Waals surface area contributed by atoms with Gasteiger partial charge < -0.3 is 42.6 Å². The van der Waals surface area contributed by atoms with Gasteiger partial charge in [-0.1, -0.05) is 23.6 Å². The van der Waals surface area contributed by atoms with Gasteiger partial charge >= 0.3 is 19.5 Å². The van der Waals surface area contributed by atoms with Crippen molar-refractivity contribution in [3.8, 4) is 0 Å². The molecule has 13 heteroatoms. The normalized spacial score (nSPS) is 10.1. The van der Waals surface area contributed by atoms with Crippen molar-refractivity contribution in [3.05, 3.63) is 0 Å². The molecule has 0 aliphatic rings. The predicted octanol–water partition coefficient (Wildman–Crippen LogP) is 3.87. The van der Waals surface area contributed by atoms with E-state index in [4.69, 9.17) is 0 Å². The summed E-state index contributed by atoms with van der Waals surface area (Å²) in [6.45, 7) is 0. The van der Waals surface area contributed by atoms with Crippen molar-refractivity contribution in [3.63, 3.8) is 0 Å². The van der Waals surface area contributed by atoms with Crippen LogP contribution in [0.3, 0.4) is 0 Å². The molecule has 0 bridgehead atoms. The Hall–Kier alpha value is 3.92. The summed E-state index contributed by atoms with van der Waals surface area (Å²) in [5, 5.41) is 0. The van der Waals surface area contributed by atoms with Crippen molar-refractivity contribution < 1.29 is 37.6 Å². The van der Waals surface area contributed by atoms with Crippen molar-refractivity contribution in [1.29, 1.82) is 0 Å². The first kappa shape index (κ1) is 29.0. The molecule has 0 saturated carbocycles. The van der Waals surface area contributed by atoms with Crippen LogP contribution in [0, 0.1) is 0 Å². The Morgan fingerprint density at radius 2 is 0.882 bits per heavy atom. The molecule has 0 aromatic carbocycles. The number of hydrogen-bond acceptors (Lipinski definition) is 8. The minimum atomic E-state index is -2.24. The molecular weight excluding hydrogens is 621 g/mol. The molecule has 0 aliphatic carbocycles. The van der Waals surface area contributed by atoms with E-state index in [2.05, 4.69) is 103 Å². The number of hydrogen-bond donors (Lipinski definition) is 0. The fourth-order valence-corrected chi connectivity index (χ4v) is 0.447. The van der Waals surface area contributed by atoms with Crippen molar-refractivity contribution >= 4 is 96.7 Å². The van der Waals surface area contributed by atoms with E-state index < -0.39 is 11.4 Å². The summed E-state index contributed by atoms with van der Waals surface area (Å²) in [6, 6.07) is 0. The minimum absolute atomic E-state index is 0. The van der Waals surface area contributed by atoms with Crippen molar-refractivity contribution in [2.24, 2.45) is 0 Å². The van der Waals surface area contributed by atoms with E-state index in [0.717, 1.165) is 0 Å². The molecular formula is C4H12I2O4P2S4Zn. The molecule has 0 atom stereocenters. The van der Waals surface area contributed by atoms with Gasteiger partial charge in [-0.3, -0.25) is 0 Å². The summed E-state index contributed by atoms with van der Waals surface area (Å²) >= 11 is 22.7. The molecule has 0 aromatic heterocycles. The summed E-state index contributed by atoms with van der Waals surface area (Å²) in [7, 11) is 5.82. The van der Waals surface area contributed by atoms with E-state index in [-0.39, 0.29) is 19.5 Å². The summed E-state index contributed by atoms with van der Waals surface area (Å²) < 4.78 is 18.4. The fourth-order valence-electron chi connectivity index (χ4n) is 0.149. The second-order valence-corrected chi connectivity index (χ2v) is 12.0. The molecule has 102 valence electrons. The van der Waals surface area contributed by atoms with Crippen LogP contribution in [0.15, 0.2) is 0 Å². The zero-order valence-corrected chi connectivity index (χ0v) is 22.0. The Morgan fingerprint density at radius 3 is 0.882 bits per heavy atom. The second-order valence-electron chi connectivity index (χ2n) is 1.62. The smallest absolute Gasteiger partial charge is 0.691 e. The average molecular weight is 634 g/mol. The maximum Gasteiger partial charge on any atom is 2.00 e. The Kier molecular flexibility index (Phi) is 30.7. The Morgan fingerprint density at radius 1 is 0.765 bits per heavy atom. The Bertz CT molecular complexity index is 210. The molecule has 0 aromatic rings. The third-order valence-electron chi connectivity index (χ3n) is 0.894. The summed E-state index contributed by atoms with van der Waals surface area (Å²) in [5.41, 5.74) is -4.48. The largest absolute Gasteiger partial charge is 2.00 e. The first-order valence-electron chi connectivity index (χ1n) is 3.24. The SMILES string of the molecule is COP(=S)([S-])OC.COP(=S)([S-])OC.II.[Zn+2]. The second kappa shape index (κ2) is 18.0. The summed E-state index contributed by atoms with van der Waals surface area (Å²) in [5.74, 6) is 0. The van der Waals surface area contributed by atoms with E-state index in [9.17, 15) is 0 Å². The van der Waals surface area contributed by atoms with Crippen molar-refractivity contribution in [1.82, 2.24) is 0 Å². The topological polar surface area (TPSA) is 36.9 Å². The molecule has 4 nitrogen and oxygen atoms in total. The molecule has 0 radical (unpaired) electrons. The molecule has 0 spiro atoms. The summed E-state index contributed by atoms with van der Waals surface area (Å²) in [6.07, 6.45) is 0. The standard InChI is InChI=1S/2C2H7O2PS2.I2.Zn/c2*1-3-5(6,7)4-2;1-2;/h2*1-2H3,(H,6,7);;/q;;;+2/p-2. The molecule has 17 heavy (non-hydrogen) atoms. The van der Waals surface area contributed by atoms with E-state index in [0.29, 0.717) is 0 Å². The maximum atomic E-state index is 4.63. The van der Waals surface area contributed by atoms with Gasteiger partial charge in [0.05, 0.1) is 11.4 Å². The number of rotatable bonds is 4. The quantitative estimate of drug-likeness (QED) is 0.200.